The summed E-state index contributed by atoms with van der Waals surface area (Å²) in [7, 11) is 0. The summed E-state index contributed by atoms with van der Waals surface area (Å²) in [6, 6.07) is 3.45. The van der Waals surface area contributed by atoms with E-state index in [4.69, 9.17) is 39.9 Å². The van der Waals surface area contributed by atoms with Gasteiger partial charge in [-0.25, -0.2) is 0 Å². The van der Waals surface area contributed by atoms with Crippen molar-refractivity contribution in [1.29, 1.82) is 0 Å². The summed E-state index contributed by atoms with van der Waals surface area (Å²) in [5.74, 6) is 0.748. The number of hydrogen-bond acceptors (Lipinski definition) is 4. The van der Waals surface area contributed by atoms with Crippen LogP contribution in [0.1, 0.15) is 12.2 Å². The Kier molecular flexibility index (Phi) is 5.57. The van der Waals surface area contributed by atoms with E-state index in [2.05, 4.69) is 10.2 Å². The first-order chi connectivity index (χ1) is 9.58. The van der Waals surface area contributed by atoms with Gasteiger partial charge < -0.3 is 5.11 Å². The maximum atomic E-state index is 8.96. The minimum absolute atomic E-state index is 0.101. The van der Waals surface area contributed by atoms with Gasteiger partial charge >= 0.3 is 0 Å². The highest BCUT2D eigenvalue weighted by atomic mass is 35.5. The highest BCUT2D eigenvalue weighted by Gasteiger charge is 2.15. The van der Waals surface area contributed by atoms with Crippen molar-refractivity contribution in [3.8, 4) is 5.69 Å². The van der Waals surface area contributed by atoms with E-state index in [1.54, 1.807) is 12.1 Å². The van der Waals surface area contributed by atoms with Crippen LogP contribution in [0, 0.1) is 0 Å². The summed E-state index contributed by atoms with van der Waals surface area (Å²) in [6.07, 6.45) is 3.14. The maximum Gasteiger partial charge on any atom is 0.195 e. The Morgan fingerprint density at radius 1 is 1.20 bits per heavy atom. The molecule has 2 aromatic rings. The van der Waals surface area contributed by atoms with Crippen LogP contribution >= 0.6 is 46.6 Å². The molecule has 1 heterocycles. The fourth-order valence-electron chi connectivity index (χ4n) is 1.76. The molecule has 8 heteroatoms. The van der Waals surface area contributed by atoms with Crippen molar-refractivity contribution in [2.45, 2.75) is 18.0 Å². The number of aromatic nitrogens is 3. The third-order valence-electron chi connectivity index (χ3n) is 2.67. The molecular formula is C12H12Cl3N3OS. The van der Waals surface area contributed by atoms with Crippen molar-refractivity contribution >= 4 is 46.6 Å². The van der Waals surface area contributed by atoms with Crippen molar-refractivity contribution < 1.29 is 5.11 Å². The molecule has 0 aliphatic carbocycles. The molecule has 0 fully saturated rings. The molecule has 0 bridgehead atoms. The lowest BCUT2D eigenvalue weighted by atomic mass is 10.2. The van der Waals surface area contributed by atoms with E-state index in [9.17, 15) is 0 Å². The molecule has 1 aromatic heterocycles. The van der Waals surface area contributed by atoms with E-state index in [0.29, 0.717) is 27.9 Å². The minimum atomic E-state index is 0.101. The predicted molar refractivity (Wildman–Crippen MR) is 83.6 cm³/mol. The second-order valence-electron chi connectivity index (χ2n) is 3.99. The van der Waals surface area contributed by atoms with E-state index in [1.807, 2.05) is 10.8 Å². The first-order valence-electron chi connectivity index (χ1n) is 5.82. The lowest BCUT2D eigenvalue weighted by molar-refractivity contribution is 0.287. The molecule has 0 spiro atoms. The summed E-state index contributed by atoms with van der Waals surface area (Å²) in [5.41, 5.74) is 0.756. The zero-order valence-corrected chi connectivity index (χ0v) is 13.7. The number of halogens is 3. The maximum absolute atomic E-state index is 8.96. The van der Waals surface area contributed by atoms with Crippen molar-refractivity contribution in [1.82, 2.24) is 14.8 Å². The van der Waals surface area contributed by atoms with E-state index < -0.39 is 0 Å². The number of hydrogen-bond donors (Lipinski definition) is 1. The van der Waals surface area contributed by atoms with Crippen molar-refractivity contribution in [3.63, 3.8) is 0 Å². The van der Waals surface area contributed by atoms with Crippen LogP contribution < -0.4 is 0 Å². The number of aryl methyl sites for hydroxylation is 1. The molecule has 20 heavy (non-hydrogen) atoms. The predicted octanol–water partition coefficient (Wildman–Crippen LogP) is 3.87. The Bertz CT molecular complexity index is 595. The number of aliphatic hydroxyl groups is 1. The molecule has 108 valence electrons. The topological polar surface area (TPSA) is 50.9 Å². The van der Waals surface area contributed by atoms with Crippen molar-refractivity contribution in [2.75, 3.05) is 12.9 Å². The number of nitrogens with zero attached hydrogens (tertiary/aromatic N) is 3. The van der Waals surface area contributed by atoms with E-state index >= 15 is 0 Å². The molecule has 0 radical (unpaired) electrons. The van der Waals surface area contributed by atoms with Gasteiger partial charge in [-0.15, -0.1) is 10.2 Å². The van der Waals surface area contributed by atoms with E-state index in [-0.39, 0.29) is 6.61 Å². The number of aliphatic hydroxyl groups excluding tert-OH is 1. The lowest BCUT2D eigenvalue weighted by Crippen LogP contribution is -2.04. The zero-order valence-electron chi connectivity index (χ0n) is 10.6. The molecule has 4 nitrogen and oxygen atoms in total. The van der Waals surface area contributed by atoms with Gasteiger partial charge in [0.25, 0.3) is 0 Å². The molecule has 1 aromatic carbocycles. The average molecular weight is 353 g/mol. The normalized spacial score (nSPS) is 11.1. The lowest BCUT2D eigenvalue weighted by Gasteiger charge is -2.11. The molecule has 0 aliphatic rings. The smallest absolute Gasteiger partial charge is 0.195 e. The molecule has 1 N–H and O–H groups in total. The molecule has 0 atom stereocenters. The Labute approximate surface area is 136 Å². The molecule has 0 aliphatic heterocycles. The van der Waals surface area contributed by atoms with Crippen LogP contribution in [0.3, 0.4) is 0 Å². The van der Waals surface area contributed by atoms with Crippen molar-refractivity contribution in [2.24, 2.45) is 0 Å². The van der Waals surface area contributed by atoms with Gasteiger partial charge in [0, 0.05) is 13.0 Å². The zero-order chi connectivity index (χ0) is 14.7. The third kappa shape index (κ3) is 3.23. The standard InChI is InChI=1S/C12H12Cl3N3OS/c1-20-12-17-16-10(3-2-4-19)18(12)7-5-8(13)11(15)9(14)6-7/h5-6,19H,2-4H2,1H3. The molecule has 0 saturated carbocycles. The van der Waals surface area contributed by atoms with Crippen LogP contribution in [0.2, 0.25) is 15.1 Å². The molecule has 0 unspecified atom stereocenters. The van der Waals surface area contributed by atoms with Crippen LogP contribution in [-0.2, 0) is 6.42 Å². The highest BCUT2D eigenvalue weighted by molar-refractivity contribution is 7.98. The Hall–Kier alpha value is -0.460. The van der Waals surface area contributed by atoms with Crippen LogP contribution in [0.4, 0.5) is 0 Å². The fourth-order valence-corrected chi connectivity index (χ4v) is 2.86. The summed E-state index contributed by atoms with van der Waals surface area (Å²) in [4.78, 5) is 0. The first kappa shape index (κ1) is 15.9. The van der Waals surface area contributed by atoms with Gasteiger partial charge in [0.1, 0.15) is 5.82 Å². The van der Waals surface area contributed by atoms with Gasteiger partial charge in [0.05, 0.1) is 20.8 Å². The first-order valence-corrected chi connectivity index (χ1v) is 8.18. The van der Waals surface area contributed by atoms with E-state index in [0.717, 1.165) is 16.7 Å². The fraction of sp³-hybridized carbons (Fsp3) is 0.333. The second kappa shape index (κ2) is 7.00. The summed E-state index contributed by atoms with van der Waals surface area (Å²) < 4.78 is 1.87. The Balaban J connectivity index is 2.52. The summed E-state index contributed by atoms with van der Waals surface area (Å²) in [5, 5.41) is 19.0. The summed E-state index contributed by atoms with van der Waals surface area (Å²) >= 11 is 19.6. The van der Waals surface area contributed by atoms with Gasteiger partial charge in [-0.05, 0) is 24.8 Å². The SMILES string of the molecule is CSc1nnc(CCCO)n1-c1cc(Cl)c(Cl)c(Cl)c1. The van der Waals surface area contributed by atoms with Gasteiger partial charge in [-0.1, -0.05) is 46.6 Å². The van der Waals surface area contributed by atoms with Crippen LogP contribution in [0.25, 0.3) is 5.69 Å². The monoisotopic (exact) mass is 351 g/mol. The Morgan fingerprint density at radius 2 is 1.85 bits per heavy atom. The van der Waals surface area contributed by atoms with Gasteiger partial charge in [-0.2, -0.15) is 0 Å². The molecule has 0 saturated heterocycles. The third-order valence-corrected chi connectivity index (χ3v) is 4.49. The highest BCUT2D eigenvalue weighted by Crippen LogP contribution is 2.34. The van der Waals surface area contributed by atoms with Crippen LogP contribution in [0.15, 0.2) is 17.3 Å². The number of thioether (sulfide) groups is 1. The largest absolute Gasteiger partial charge is 0.396 e. The number of rotatable bonds is 5. The minimum Gasteiger partial charge on any atom is -0.396 e. The van der Waals surface area contributed by atoms with Crippen molar-refractivity contribution in [3.05, 3.63) is 33.0 Å². The quantitative estimate of drug-likeness (QED) is 0.655. The summed E-state index contributed by atoms with van der Waals surface area (Å²) in [6.45, 7) is 0.101. The van der Waals surface area contributed by atoms with E-state index in [1.165, 1.54) is 11.8 Å². The average Bonchev–Trinajstić information content (AvgIpc) is 2.84. The van der Waals surface area contributed by atoms with Gasteiger partial charge in [0.15, 0.2) is 5.16 Å². The Morgan fingerprint density at radius 3 is 2.40 bits per heavy atom. The second-order valence-corrected chi connectivity index (χ2v) is 5.95. The molecule has 2 rings (SSSR count). The van der Waals surface area contributed by atoms with Crippen LogP contribution in [0.5, 0.6) is 0 Å². The van der Waals surface area contributed by atoms with Gasteiger partial charge in [0.2, 0.25) is 0 Å². The molecular weight excluding hydrogens is 341 g/mol. The van der Waals surface area contributed by atoms with Crippen LogP contribution in [-0.4, -0.2) is 32.7 Å². The number of benzene rings is 1. The van der Waals surface area contributed by atoms with Gasteiger partial charge in [-0.3, -0.25) is 4.57 Å². The molecule has 0 amide bonds.